The van der Waals surface area contributed by atoms with E-state index in [0.717, 1.165) is 11.1 Å². The van der Waals surface area contributed by atoms with Crippen molar-refractivity contribution in [1.82, 2.24) is 5.32 Å². The number of aryl methyl sites for hydroxylation is 1. The van der Waals surface area contributed by atoms with Crippen LogP contribution in [0.3, 0.4) is 0 Å². The van der Waals surface area contributed by atoms with Gasteiger partial charge in [0.1, 0.15) is 0 Å². The van der Waals surface area contributed by atoms with Gasteiger partial charge in [-0.2, -0.15) is 0 Å². The lowest BCUT2D eigenvalue weighted by Crippen LogP contribution is -2.30. The first kappa shape index (κ1) is 19.3. The highest BCUT2D eigenvalue weighted by molar-refractivity contribution is 5.91. The van der Waals surface area contributed by atoms with Crippen molar-refractivity contribution >= 4 is 11.9 Å². The van der Waals surface area contributed by atoms with E-state index in [1.54, 1.807) is 26.4 Å². The number of hydrogen-bond acceptors (Lipinski definition) is 5. The van der Waals surface area contributed by atoms with E-state index in [4.69, 9.17) is 14.2 Å². The Labute approximate surface area is 153 Å². The van der Waals surface area contributed by atoms with Crippen LogP contribution in [0.1, 0.15) is 21.5 Å². The van der Waals surface area contributed by atoms with Gasteiger partial charge in [0.15, 0.2) is 18.1 Å². The van der Waals surface area contributed by atoms with Crippen molar-refractivity contribution in [3.05, 3.63) is 59.2 Å². The van der Waals surface area contributed by atoms with E-state index in [0.29, 0.717) is 30.0 Å². The number of amides is 1. The van der Waals surface area contributed by atoms with E-state index >= 15 is 0 Å². The molecule has 0 radical (unpaired) electrons. The van der Waals surface area contributed by atoms with Gasteiger partial charge in [-0.05, 0) is 43.2 Å². The van der Waals surface area contributed by atoms with E-state index in [-0.39, 0.29) is 12.5 Å². The predicted molar refractivity (Wildman–Crippen MR) is 97.7 cm³/mol. The minimum Gasteiger partial charge on any atom is -0.493 e. The monoisotopic (exact) mass is 357 g/mol. The molecule has 0 saturated heterocycles. The first-order valence-corrected chi connectivity index (χ1v) is 8.25. The summed E-state index contributed by atoms with van der Waals surface area (Å²) in [6.45, 7) is 2.05. The molecule has 0 aromatic heterocycles. The molecule has 0 aliphatic carbocycles. The Morgan fingerprint density at radius 2 is 1.65 bits per heavy atom. The zero-order chi connectivity index (χ0) is 18.9. The van der Waals surface area contributed by atoms with Crippen LogP contribution < -0.4 is 14.8 Å². The van der Waals surface area contributed by atoms with Crippen LogP contribution in [-0.4, -0.2) is 39.2 Å². The number of nitrogens with one attached hydrogen (secondary N) is 1. The maximum Gasteiger partial charge on any atom is 0.338 e. The van der Waals surface area contributed by atoms with Crippen molar-refractivity contribution in [2.45, 2.75) is 13.3 Å². The number of carbonyl (C=O) groups is 2. The van der Waals surface area contributed by atoms with Gasteiger partial charge in [0.25, 0.3) is 5.91 Å². The summed E-state index contributed by atoms with van der Waals surface area (Å²) in [5.74, 6) is 0.442. The van der Waals surface area contributed by atoms with Crippen LogP contribution in [0.5, 0.6) is 11.5 Å². The quantitative estimate of drug-likeness (QED) is 0.735. The van der Waals surface area contributed by atoms with Gasteiger partial charge < -0.3 is 19.5 Å². The Hall–Kier alpha value is -3.02. The van der Waals surface area contributed by atoms with Gasteiger partial charge in [-0.25, -0.2) is 4.79 Å². The molecule has 0 aliphatic rings. The first-order chi connectivity index (χ1) is 12.5. The fourth-order valence-electron chi connectivity index (χ4n) is 2.34. The second-order valence-corrected chi connectivity index (χ2v) is 5.73. The highest BCUT2D eigenvalue weighted by Gasteiger charge is 2.10. The molecular weight excluding hydrogens is 334 g/mol. The summed E-state index contributed by atoms with van der Waals surface area (Å²) >= 11 is 0. The lowest BCUT2D eigenvalue weighted by atomic mass is 10.1. The van der Waals surface area contributed by atoms with Crippen LogP contribution >= 0.6 is 0 Å². The molecule has 0 spiro atoms. The van der Waals surface area contributed by atoms with E-state index in [1.807, 2.05) is 37.3 Å². The third-order valence-corrected chi connectivity index (χ3v) is 3.81. The molecule has 1 amide bonds. The first-order valence-electron chi connectivity index (χ1n) is 8.25. The molecule has 0 bridgehead atoms. The second-order valence-electron chi connectivity index (χ2n) is 5.73. The molecule has 2 aromatic rings. The topological polar surface area (TPSA) is 73.9 Å². The minimum atomic E-state index is -0.514. The molecular formula is C20H23NO5. The van der Waals surface area contributed by atoms with Gasteiger partial charge >= 0.3 is 5.97 Å². The van der Waals surface area contributed by atoms with Crippen LogP contribution in [0, 0.1) is 6.92 Å². The molecule has 0 fully saturated rings. The van der Waals surface area contributed by atoms with Gasteiger partial charge in [-0.15, -0.1) is 0 Å². The van der Waals surface area contributed by atoms with E-state index < -0.39 is 5.97 Å². The van der Waals surface area contributed by atoms with Crippen LogP contribution in [0.2, 0.25) is 0 Å². The molecule has 6 nitrogen and oxygen atoms in total. The Morgan fingerprint density at radius 3 is 2.31 bits per heavy atom. The number of rotatable bonds is 8. The van der Waals surface area contributed by atoms with Gasteiger partial charge in [-0.1, -0.05) is 23.8 Å². The molecule has 2 rings (SSSR count). The van der Waals surface area contributed by atoms with Crippen molar-refractivity contribution in [1.29, 1.82) is 0 Å². The molecule has 0 unspecified atom stereocenters. The van der Waals surface area contributed by atoms with Gasteiger partial charge in [0.2, 0.25) is 0 Å². The maximum atomic E-state index is 11.9. The Balaban J connectivity index is 1.75. The Kier molecular flexibility index (Phi) is 7.02. The van der Waals surface area contributed by atoms with Crippen molar-refractivity contribution in [2.24, 2.45) is 0 Å². The fourth-order valence-corrected chi connectivity index (χ4v) is 2.34. The predicted octanol–water partition coefficient (Wildman–Crippen LogP) is 2.53. The summed E-state index contributed by atoms with van der Waals surface area (Å²) < 4.78 is 15.4. The van der Waals surface area contributed by atoms with Crippen molar-refractivity contribution < 1.29 is 23.8 Å². The average Bonchev–Trinajstić information content (AvgIpc) is 2.66. The number of ether oxygens (including phenoxy) is 3. The molecule has 0 saturated carbocycles. The van der Waals surface area contributed by atoms with Crippen LogP contribution in [0.25, 0.3) is 0 Å². The lowest BCUT2D eigenvalue weighted by Gasteiger charge is -2.10. The van der Waals surface area contributed by atoms with E-state index in [2.05, 4.69) is 5.32 Å². The van der Waals surface area contributed by atoms with Crippen molar-refractivity contribution in [3.8, 4) is 11.5 Å². The highest BCUT2D eigenvalue weighted by atomic mass is 16.5. The number of hydrogen-bond donors (Lipinski definition) is 1. The molecule has 1 N–H and O–H groups in total. The third kappa shape index (κ3) is 5.51. The highest BCUT2D eigenvalue weighted by Crippen LogP contribution is 2.27. The van der Waals surface area contributed by atoms with Gasteiger partial charge in [0.05, 0.1) is 19.8 Å². The lowest BCUT2D eigenvalue weighted by molar-refractivity contribution is -0.124. The minimum absolute atomic E-state index is 0.307. The largest absolute Gasteiger partial charge is 0.493 e. The molecule has 0 aliphatic heterocycles. The molecule has 0 atom stereocenters. The normalized spacial score (nSPS) is 10.1. The SMILES string of the molecule is COc1ccc(CCNC(=O)COC(=O)c2ccc(C)cc2)cc1OC. The fraction of sp³-hybridized carbons (Fsp3) is 0.300. The van der Waals surface area contributed by atoms with Crippen molar-refractivity contribution in [3.63, 3.8) is 0 Å². The molecule has 0 heterocycles. The number of carbonyl (C=O) groups excluding carboxylic acids is 2. The van der Waals surface area contributed by atoms with Crippen LogP contribution in [0.15, 0.2) is 42.5 Å². The van der Waals surface area contributed by atoms with Gasteiger partial charge in [-0.3, -0.25) is 4.79 Å². The standard InChI is InChI=1S/C20H23NO5/c1-14-4-7-16(8-5-14)20(23)26-13-19(22)21-11-10-15-6-9-17(24-2)18(12-15)25-3/h4-9,12H,10-11,13H2,1-3H3,(H,21,22). The summed E-state index contributed by atoms with van der Waals surface area (Å²) in [6, 6.07) is 12.6. The molecule has 26 heavy (non-hydrogen) atoms. The zero-order valence-electron chi connectivity index (χ0n) is 15.2. The number of esters is 1. The average molecular weight is 357 g/mol. The second kappa shape index (κ2) is 9.46. The van der Waals surface area contributed by atoms with Gasteiger partial charge in [0, 0.05) is 6.54 Å². The summed E-state index contributed by atoms with van der Waals surface area (Å²) in [7, 11) is 3.15. The summed E-state index contributed by atoms with van der Waals surface area (Å²) in [5, 5.41) is 2.72. The van der Waals surface area contributed by atoms with Crippen LogP contribution in [-0.2, 0) is 16.0 Å². The smallest absolute Gasteiger partial charge is 0.338 e. The molecule has 6 heteroatoms. The van der Waals surface area contributed by atoms with Crippen LogP contribution in [0.4, 0.5) is 0 Å². The zero-order valence-corrected chi connectivity index (χ0v) is 15.2. The van der Waals surface area contributed by atoms with E-state index in [1.165, 1.54) is 0 Å². The summed E-state index contributed by atoms with van der Waals surface area (Å²) in [5.41, 5.74) is 2.47. The third-order valence-electron chi connectivity index (χ3n) is 3.81. The number of methoxy groups -OCH3 is 2. The maximum absolute atomic E-state index is 11.9. The summed E-state index contributed by atoms with van der Waals surface area (Å²) in [6.07, 6.45) is 0.623. The Morgan fingerprint density at radius 1 is 0.962 bits per heavy atom. The summed E-state index contributed by atoms with van der Waals surface area (Å²) in [4.78, 5) is 23.7. The molecule has 2 aromatic carbocycles. The Bertz CT molecular complexity index is 755. The number of benzene rings is 2. The molecule has 138 valence electrons. The van der Waals surface area contributed by atoms with Crippen molar-refractivity contribution in [2.75, 3.05) is 27.4 Å². The van der Waals surface area contributed by atoms with E-state index in [9.17, 15) is 9.59 Å².